The first kappa shape index (κ1) is 18.1. The van der Waals surface area contributed by atoms with Crippen LogP contribution < -0.4 is 4.74 Å². The van der Waals surface area contributed by atoms with E-state index in [0.29, 0.717) is 0 Å². The van der Waals surface area contributed by atoms with Crippen LogP contribution in [0.25, 0.3) is 0 Å². The van der Waals surface area contributed by atoms with E-state index < -0.39 is 0 Å². The highest BCUT2D eigenvalue weighted by Crippen LogP contribution is 2.41. The van der Waals surface area contributed by atoms with Crippen molar-refractivity contribution in [3.8, 4) is 5.75 Å². The maximum absolute atomic E-state index is 6.44. The minimum Gasteiger partial charge on any atom is -0.488 e. The van der Waals surface area contributed by atoms with Crippen LogP contribution in [-0.2, 0) is 10.8 Å². The quantitative estimate of drug-likeness (QED) is 0.638. The molecule has 120 valence electrons. The largest absolute Gasteiger partial charge is 0.488 e. The molecule has 0 heterocycles. The smallest absolute Gasteiger partial charge is 0.124 e. The van der Waals surface area contributed by atoms with Crippen molar-refractivity contribution in [2.24, 2.45) is 0 Å². The van der Waals surface area contributed by atoms with Gasteiger partial charge in [0.1, 0.15) is 11.4 Å². The summed E-state index contributed by atoms with van der Waals surface area (Å²) in [5.41, 5.74) is 2.81. The van der Waals surface area contributed by atoms with Gasteiger partial charge < -0.3 is 4.74 Å². The molecule has 0 aliphatic carbocycles. The van der Waals surface area contributed by atoms with Crippen molar-refractivity contribution < 1.29 is 4.74 Å². The molecular formula is C20H34O. The molecule has 0 saturated carbocycles. The highest BCUT2D eigenvalue weighted by molar-refractivity contribution is 5.48. The lowest BCUT2D eigenvalue weighted by Gasteiger charge is -2.35. The summed E-state index contributed by atoms with van der Waals surface area (Å²) in [7, 11) is 0. The Hall–Kier alpha value is -0.980. The second-order valence-corrected chi connectivity index (χ2v) is 8.79. The lowest BCUT2D eigenvalue weighted by Crippen LogP contribution is -2.30. The molecule has 1 aromatic carbocycles. The van der Waals surface area contributed by atoms with Crippen LogP contribution in [0.2, 0.25) is 0 Å². The molecule has 0 fully saturated rings. The number of rotatable bonds is 4. The maximum atomic E-state index is 6.44. The van der Waals surface area contributed by atoms with Gasteiger partial charge in [0.2, 0.25) is 0 Å². The molecule has 1 heteroatoms. The van der Waals surface area contributed by atoms with Crippen molar-refractivity contribution in [1.29, 1.82) is 0 Å². The van der Waals surface area contributed by atoms with Gasteiger partial charge in [0.15, 0.2) is 0 Å². The molecular weight excluding hydrogens is 256 g/mol. The van der Waals surface area contributed by atoms with Gasteiger partial charge in [0, 0.05) is 5.56 Å². The first-order chi connectivity index (χ1) is 9.38. The first-order valence-electron chi connectivity index (χ1n) is 8.21. The highest BCUT2D eigenvalue weighted by atomic mass is 16.5. The lowest BCUT2D eigenvalue weighted by atomic mass is 9.75. The van der Waals surface area contributed by atoms with E-state index in [-0.39, 0.29) is 16.4 Å². The van der Waals surface area contributed by atoms with Crippen LogP contribution in [0, 0.1) is 0 Å². The van der Waals surface area contributed by atoms with Gasteiger partial charge in [-0.1, -0.05) is 67.0 Å². The normalized spacial score (nSPS) is 13.4. The molecule has 0 spiro atoms. The molecule has 0 unspecified atom stereocenters. The summed E-state index contributed by atoms with van der Waals surface area (Å²) in [5, 5.41) is 0. The molecule has 21 heavy (non-hydrogen) atoms. The van der Waals surface area contributed by atoms with Crippen molar-refractivity contribution in [2.75, 3.05) is 0 Å². The third-order valence-electron chi connectivity index (χ3n) is 3.82. The SMILES string of the molecule is CCCC(C)(C)Oc1cccc(C(C)(C)C)c1C(C)(C)C. The van der Waals surface area contributed by atoms with E-state index in [1.165, 1.54) is 11.1 Å². The Kier molecular flexibility index (Phi) is 5.18. The molecule has 0 N–H and O–H groups in total. The molecule has 0 aliphatic rings. The van der Waals surface area contributed by atoms with E-state index in [1.807, 2.05) is 0 Å². The number of benzene rings is 1. The van der Waals surface area contributed by atoms with Gasteiger partial charge in [0.05, 0.1) is 0 Å². The molecule has 0 saturated heterocycles. The molecule has 1 aromatic rings. The van der Waals surface area contributed by atoms with Crippen LogP contribution in [0.3, 0.4) is 0 Å². The lowest BCUT2D eigenvalue weighted by molar-refractivity contribution is 0.0957. The standard InChI is InChI=1S/C20H34O/c1-10-14-20(8,9)21-16-13-11-12-15(18(2,3)4)17(16)19(5,6)7/h11-13H,10,14H2,1-9H3. The zero-order valence-corrected chi connectivity index (χ0v) is 15.6. The van der Waals surface area contributed by atoms with Crippen LogP contribution in [0.5, 0.6) is 5.75 Å². The topological polar surface area (TPSA) is 9.23 Å². The third kappa shape index (κ3) is 4.76. The van der Waals surface area contributed by atoms with Gasteiger partial charge in [-0.3, -0.25) is 0 Å². The summed E-state index contributed by atoms with van der Waals surface area (Å²) >= 11 is 0. The number of hydrogen-bond donors (Lipinski definition) is 0. The fourth-order valence-corrected chi connectivity index (χ4v) is 2.97. The Morgan fingerprint density at radius 3 is 1.86 bits per heavy atom. The molecule has 1 rings (SSSR count). The minimum atomic E-state index is -0.120. The number of hydrogen-bond acceptors (Lipinski definition) is 1. The summed E-state index contributed by atoms with van der Waals surface area (Å²) in [6, 6.07) is 6.51. The maximum Gasteiger partial charge on any atom is 0.124 e. The van der Waals surface area contributed by atoms with Gasteiger partial charge in [-0.05, 0) is 42.7 Å². The molecule has 0 atom stereocenters. The fraction of sp³-hybridized carbons (Fsp3) is 0.700. The van der Waals surface area contributed by atoms with Crippen molar-refractivity contribution >= 4 is 0 Å². The van der Waals surface area contributed by atoms with Gasteiger partial charge >= 0.3 is 0 Å². The van der Waals surface area contributed by atoms with E-state index in [9.17, 15) is 0 Å². The van der Waals surface area contributed by atoms with E-state index in [4.69, 9.17) is 4.74 Å². The predicted octanol–water partition coefficient (Wildman–Crippen LogP) is 6.24. The second-order valence-electron chi connectivity index (χ2n) is 8.79. The van der Waals surface area contributed by atoms with E-state index >= 15 is 0 Å². The second kappa shape index (κ2) is 6.02. The Labute approximate surface area is 132 Å². The summed E-state index contributed by atoms with van der Waals surface area (Å²) in [6.07, 6.45) is 2.20. The Morgan fingerprint density at radius 2 is 1.43 bits per heavy atom. The van der Waals surface area contributed by atoms with Crippen LogP contribution >= 0.6 is 0 Å². The average molecular weight is 290 g/mol. The van der Waals surface area contributed by atoms with Crippen molar-refractivity contribution in [3.63, 3.8) is 0 Å². The summed E-state index contributed by atoms with van der Waals surface area (Å²) in [5.74, 6) is 1.05. The van der Waals surface area contributed by atoms with Gasteiger partial charge in [-0.15, -0.1) is 0 Å². The zero-order chi connectivity index (χ0) is 16.5. The molecule has 0 bridgehead atoms. The van der Waals surface area contributed by atoms with Crippen molar-refractivity contribution in [2.45, 2.75) is 91.6 Å². The van der Waals surface area contributed by atoms with Crippen LogP contribution in [0.15, 0.2) is 18.2 Å². The minimum absolute atomic E-state index is 0.0709. The molecule has 0 aliphatic heterocycles. The summed E-state index contributed by atoms with van der Waals surface area (Å²) < 4.78 is 6.44. The summed E-state index contributed by atoms with van der Waals surface area (Å²) in [4.78, 5) is 0. The van der Waals surface area contributed by atoms with Gasteiger partial charge in [-0.25, -0.2) is 0 Å². The van der Waals surface area contributed by atoms with E-state index in [1.54, 1.807) is 0 Å². The fourth-order valence-electron chi connectivity index (χ4n) is 2.97. The van der Waals surface area contributed by atoms with Crippen molar-refractivity contribution in [3.05, 3.63) is 29.3 Å². The van der Waals surface area contributed by atoms with Crippen molar-refractivity contribution in [1.82, 2.24) is 0 Å². The van der Waals surface area contributed by atoms with Gasteiger partial charge in [-0.2, -0.15) is 0 Å². The first-order valence-corrected chi connectivity index (χ1v) is 8.21. The summed E-state index contributed by atoms with van der Waals surface area (Å²) in [6.45, 7) is 20.2. The average Bonchev–Trinajstić information content (AvgIpc) is 2.24. The predicted molar refractivity (Wildman–Crippen MR) is 93.5 cm³/mol. The van der Waals surface area contributed by atoms with E-state index in [2.05, 4.69) is 80.5 Å². The van der Waals surface area contributed by atoms with Crippen LogP contribution in [-0.4, -0.2) is 5.60 Å². The zero-order valence-electron chi connectivity index (χ0n) is 15.6. The van der Waals surface area contributed by atoms with Gasteiger partial charge in [0.25, 0.3) is 0 Å². The monoisotopic (exact) mass is 290 g/mol. The Morgan fingerprint density at radius 1 is 0.857 bits per heavy atom. The Bertz CT molecular complexity index is 470. The third-order valence-corrected chi connectivity index (χ3v) is 3.82. The van der Waals surface area contributed by atoms with Crippen LogP contribution in [0.1, 0.15) is 86.3 Å². The highest BCUT2D eigenvalue weighted by Gasteiger charge is 2.30. The molecule has 1 nitrogen and oxygen atoms in total. The van der Waals surface area contributed by atoms with Crippen LogP contribution in [0.4, 0.5) is 0 Å². The molecule has 0 radical (unpaired) electrons. The molecule has 0 aromatic heterocycles. The Balaban J connectivity index is 3.40. The number of ether oxygens (including phenoxy) is 1. The molecule has 0 amide bonds. The van der Waals surface area contributed by atoms with E-state index in [0.717, 1.165) is 18.6 Å².